The van der Waals surface area contributed by atoms with Crippen LogP contribution in [0.3, 0.4) is 0 Å². The maximum Gasteiger partial charge on any atom is 0.255 e. The number of ether oxygens (including phenoxy) is 1. The molecule has 4 nitrogen and oxygen atoms in total. The molecule has 0 aliphatic carbocycles. The van der Waals surface area contributed by atoms with Crippen molar-refractivity contribution >= 4 is 5.91 Å². The van der Waals surface area contributed by atoms with E-state index in [9.17, 15) is 9.18 Å². The molecule has 0 saturated carbocycles. The first kappa shape index (κ1) is 14.4. The fourth-order valence-electron chi connectivity index (χ4n) is 1.47. The Bertz CT molecular complexity index is 408. The SMILES string of the molecule is CC(C)CNCc1cc(F)ccc1OCC(N)=O. The Kier molecular flexibility index (Phi) is 5.58. The summed E-state index contributed by atoms with van der Waals surface area (Å²) in [4.78, 5) is 10.7. The molecule has 5 heteroatoms. The lowest BCUT2D eigenvalue weighted by Gasteiger charge is -2.12. The van der Waals surface area contributed by atoms with Crippen LogP contribution in [-0.4, -0.2) is 19.1 Å². The molecule has 1 amide bonds. The molecule has 0 unspecified atom stereocenters. The van der Waals surface area contributed by atoms with Gasteiger partial charge >= 0.3 is 0 Å². The normalized spacial score (nSPS) is 10.7. The third-order valence-corrected chi connectivity index (χ3v) is 2.26. The molecule has 0 bridgehead atoms. The number of benzene rings is 1. The summed E-state index contributed by atoms with van der Waals surface area (Å²) in [7, 11) is 0. The van der Waals surface area contributed by atoms with E-state index in [2.05, 4.69) is 19.2 Å². The quantitative estimate of drug-likeness (QED) is 0.773. The molecule has 3 N–H and O–H groups in total. The molecule has 0 aliphatic heterocycles. The van der Waals surface area contributed by atoms with E-state index >= 15 is 0 Å². The summed E-state index contributed by atoms with van der Waals surface area (Å²) >= 11 is 0. The lowest BCUT2D eigenvalue weighted by atomic mass is 10.1. The molecule has 1 aromatic carbocycles. The van der Waals surface area contributed by atoms with Crippen LogP contribution >= 0.6 is 0 Å². The standard InChI is InChI=1S/C13H19FN2O2/c1-9(2)6-16-7-10-5-11(14)3-4-12(10)18-8-13(15)17/h3-5,9,16H,6-8H2,1-2H3,(H2,15,17). The zero-order valence-corrected chi connectivity index (χ0v) is 10.7. The molecule has 0 aromatic heterocycles. The van der Waals surface area contributed by atoms with Gasteiger partial charge in [0.1, 0.15) is 11.6 Å². The Balaban J connectivity index is 2.67. The minimum atomic E-state index is -0.555. The van der Waals surface area contributed by atoms with Crippen LogP contribution in [0.2, 0.25) is 0 Å². The van der Waals surface area contributed by atoms with Crippen molar-refractivity contribution in [3.63, 3.8) is 0 Å². The minimum absolute atomic E-state index is 0.206. The van der Waals surface area contributed by atoms with Crippen LogP contribution in [0.4, 0.5) is 4.39 Å². The Morgan fingerprint density at radius 3 is 2.83 bits per heavy atom. The second kappa shape index (κ2) is 6.96. The van der Waals surface area contributed by atoms with Crippen molar-refractivity contribution in [3.8, 4) is 5.75 Å². The van der Waals surface area contributed by atoms with Crippen molar-refractivity contribution in [2.45, 2.75) is 20.4 Å². The van der Waals surface area contributed by atoms with Crippen LogP contribution in [0.1, 0.15) is 19.4 Å². The molecule has 0 fully saturated rings. The lowest BCUT2D eigenvalue weighted by molar-refractivity contribution is -0.119. The fraction of sp³-hybridized carbons (Fsp3) is 0.462. The second-order valence-electron chi connectivity index (χ2n) is 4.53. The van der Waals surface area contributed by atoms with Gasteiger partial charge in [0.25, 0.3) is 5.91 Å². The number of nitrogens with two attached hydrogens (primary N) is 1. The summed E-state index contributed by atoms with van der Waals surface area (Å²) < 4.78 is 18.4. The summed E-state index contributed by atoms with van der Waals surface area (Å²) in [6.07, 6.45) is 0. The maximum absolute atomic E-state index is 13.2. The van der Waals surface area contributed by atoms with Crippen LogP contribution in [0, 0.1) is 11.7 Å². The first-order valence-corrected chi connectivity index (χ1v) is 5.89. The Hall–Kier alpha value is -1.62. The van der Waals surface area contributed by atoms with E-state index in [1.165, 1.54) is 18.2 Å². The van der Waals surface area contributed by atoms with E-state index in [1.807, 2.05) is 0 Å². The highest BCUT2D eigenvalue weighted by atomic mass is 19.1. The van der Waals surface area contributed by atoms with Crippen LogP contribution in [0.15, 0.2) is 18.2 Å². The zero-order chi connectivity index (χ0) is 13.5. The number of rotatable bonds is 7. The summed E-state index contributed by atoms with van der Waals surface area (Å²) in [5.41, 5.74) is 5.68. The van der Waals surface area contributed by atoms with E-state index in [4.69, 9.17) is 10.5 Å². The average Bonchev–Trinajstić information content (AvgIpc) is 2.27. The van der Waals surface area contributed by atoms with E-state index in [1.54, 1.807) is 0 Å². The van der Waals surface area contributed by atoms with E-state index in [0.717, 1.165) is 6.54 Å². The molecule has 0 radical (unpaired) electrons. The number of hydrogen-bond acceptors (Lipinski definition) is 3. The predicted molar refractivity (Wildman–Crippen MR) is 67.6 cm³/mol. The van der Waals surface area contributed by atoms with E-state index in [0.29, 0.717) is 23.8 Å². The van der Waals surface area contributed by atoms with Crippen molar-refractivity contribution in [1.82, 2.24) is 5.32 Å². The van der Waals surface area contributed by atoms with Crippen LogP contribution < -0.4 is 15.8 Å². The molecular formula is C13H19FN2O2. The van der Waals surface area contributed by atoms with Gasteiger partial charge in [0.15, 0.2) is 6.61 Å². The van der Waals surface area contributed by atoms with Crippen molar-refractivity contribution in [2.24, 2.45) is 11.7 Å². The first-order chi connectivity index (χ1) is 8.49. The molecule has 1 aromatic rings. The third kappa shape index (κ3) is 5.14. The number of hydrogen-bond donors (Lipinski definition) is 2. The highest BCUT2D eigenvalue weighted by molar-refractivity contribution is 5.75. The fourth-order valence-corrected chi connectivity index (χ4v) is 1.47. The highest BCUT2D eigenvalue weighted by Gasteiger charge is 2.07. The first-order valence-electron chi connectivity index (χ1n) is 5.89. The van der Waals surface area contributed by atoms with Gasteiger partial charge in [-0.3, -0.25) is 4.79 Å². The van der Waals surface area contributed by atoms with Gasteiger partial charge < -0.3 is 15.8 Å². The molecule has 1 rings (SSSR count). The van der Waals surface area contributed by atoms with Gasteiger partial charge in [0.05, 0.1) is 0 Å². The second-order valence-corrected chi connectivity index (χ2v) is 4.53. The molecule has 0 atom stereocenters. The minimum Gasteiger partial charge on any atom is -0.483 e. The average molecular weight is 254 g/mol. The van der Waals surface area contributed by atoms with Crippen LogP contribution in [-0.2, 0) is 11.3 Å². The van der Waals surface area contributed by atoms with E-state index in [-0.39, 0.29) is 12.4 Å². The molecule has 18 heavy (non-hydrogen) atoms. The molecule has 0 aliphatic rings. The molecule has 0 heterocycles. The summed E-state index contributed by atoms with van der Waals surface area (Å²) in [5.74, 6) is 0.100. The Morgan fingerprint density at radius 1 is 1.50 bits per heavy atom. The van der Waals surface area contributed by atoms with Gasteiger partial charge in [-0.05, 0) is 30.7 Å². The van der Waals surface area contributed by atoms with Gasteiger partial charge in [-0.25, -0.2) is 4.39 Å². The zero-order valence-electron chi connectivity index (χ0n) is 10.7. The monoisotopic (exact) mass is 254 g/mol. The van der Waals surface area contributed by atoms with Crippen molar-refractivity contribution in [3.05, 3.63) is 29.6 Å². The van der Waals surface area contributed by atoms with Gasteiger partial charge in [-0.1, -0.05) is 13.8 Å². The Labute approximate surface area is 106 Å². The maximum atomic E-state index is 13.2. The predicted octanol–water partition coefficient (Wildman–Crippen LogP) is 1.44. The van der Waals surface area contributed by atoms with Crippen molar-refractivity contribution < 1.29 is 13.9 Å². The molecular weight excluding hydrogens is 235 g/mol. The number of amides is 1. The van der Waals surface area contributed by atoms with Crippen molar-refractivity contribution in [1.29, 1.82) is 0 Å². The summed E-state index contributed by atoms with van der Waals surface area (Å²) in [6, 6.07) is 4.19. The number of carbonyl (C=O) groups excluding carboxylic acids is 1. The van der Waals surface area contributed by atoms with Crippen LogP contribution in [0.25, 0.3) is 0 Å². The van der Waals surface area contributed by atoms with Gasteiger partial charge in [-0.15, -0.1) is 0 Å². The van der Waals surface area contributed by atoms with Gasteiger partial charge in [-0.2, -0.15) is 0 Å². The summed E-state index contributed by atoms with van der Waals surface area (Å²) in [5, 5.41) is 3.19. The number of carbonyl (C=O) groups is 1. The van der Waals surface area contributed by atoms with E-state index < -0.39 is 5.91 Å². The highest BCUT2D eigenvalue weighted by Crippen LogP contribution is 2.19. The largest absolute Gasteiger partial charge is 0.483 e. The molecule has 0 spiro atoms. The lowest BCUT2D eigenvalue weighted by Crippen LogP contribution is -2.22. The van der Waals surface area contributed by atoms with Gasteiger partial charge in [0.2, 0.25) is 0 Å². The molecule has 100 valence electrons. The number of halogens is 1. The van der Waals surface area contributed by atoms with Crippen molar-refractivity contribution in [2.75, 3.05) is 13.2 Å². The topological polar surface area (TPSA) is 64.3 Å². The summed E-state index contributed by atoms with van der Waals surface area (Å²) in [6.45, 7) is 5.28. The number of nitrogens with one attached hydrogen (secondary N) is 1. The smallest absolute Gasteiger partial charge is 0.255 e. The molecule has 0 saturated heterocycles. The Morgan fingerprint density at radius 2 is 2.22 bits per heavy atom. The van der Waals surface area contributed by atoms with Crippen LogP contribution in [0.5, 0.6) is 5.75 Å². The third-order valence-electron chi connectivity index (χ3n) is 2.26. The number of primary amides is 1. The van der Waals surface area contributed by atoms with Gasteiger partial charge in [0, 0.05) is 12.1 Å².